The molecule has 1 atom stereocenters. The first-order valence-electron chi connectivity index (χ1n) is 10.0. The number of benzene rings is 1. The van der Waals surface area contributed by atoms with Gasteiger partial charge in [0.25, 0.3) is 5.56 Å². The van der Waals surface area contributed by atoms with Crippen LogP contribution in [0.4, 0.5) is 10.2 Å². The zero-order valence-electron chi connectivity index (χ0n) is 16.5. The summed E-state index contributed by atoms with van der Waals surface area (Å²) in [6.07, 6.45) is 3.93. The second-order valence-corrected chi connectivity index (χ2v) is 7.32. The van der Waals surface area contributed by atoms with E-state index < -0.39 is 0 Å². The summed E-state index contributed by atoms with van der Waals surface area (Å²) in [7, 11) is 0. The van der Waals surface area contributed by atoms with Gasteiger partial charge in [-0.2, -0.15) is 4.68 Å². The highest BCUT2D eigenvalue weighted by atomic mass is 19.1. The summed E-state index contributed by atoms with van der Waals surface area (Å²) in [5, 5.41) is 7.43. The van der Waals surface area contributed by atoms with Crippen molar-refractivity contribution in [3.8, 4) is 5.69 Å². The molecule has 30 heavy (non-hydrogen) atoms. The molecule has 0 saturated carbocycles. The van der Waals surface area contributed by atoms with Crippen molar-refractivity contribution in [3.63, 3.8) is 0 Å². The molecule has 2 aromatic heterocycles. The standard InChI is InChI=1S/C22H23FN4O3/c23-17-5-7-18(8-6-17)27-21(28)10-9-20(25-27)26-13-1-3-16(15-26)22(29)24-12-11-19-4-2-14-30-19/h2,4-10,14,16H,1,3,11-13,15H2,(H,24,29)/t16-/m0/s1. The molecule has 0 spiro atoms. The second kappa shape index (κ2) is 8.94. The van der Waals surface area contributed by atoms with Gasteiger partial charge in [-0.25, -0.2) is 4.39 Å². The van der Waals surface area contributed by atoms with Gasteiger partial charge in [-0.3, -0.25) is 9.59 Å². The van der Waals surface area contributed by atoms with Gasteiger partial charge in [0.1, 0.15) is 17.4 Å². The van der Waals surface area contributed by atoms with Crippen LogP contribution in [0.5, 0.6) is 0 Å². The first-order valence-corrected chi connectivity index (χ1v) is 10.0. The summed E-state index contributed by atoms with van der Waals surface area (Å²) in [4.78, 5) is 26.9. The predicted octanol–water partition coefficient (Wildman–Crippen LogP) is 2.54. The second-order valence-electron chi connectivity index (χ2n) is 7.32. The average molecular weight is 410 g/mol. The van der Waals surface area contributed by atoms with E-state index in [2.05, 4.69) is 10.4 Å². The van der Waals surface area contributed by atoms with Gasteiger partial charge >= 0.3 is 0 Å². The molecule has 3 heterocycles. The number of carbonyl (C=O) groups excluding carboxylic acids is 1. The van der Waals surface area contributed by atoms with Crippen molar-refractivity contribution >= 4 is 11.7 Å². The number of anilines is 1. The van der Waals surface area contributed by atoms with E-state index in [0.717, 1.165) is 25.1 Å². The molecule has 1 amide bonds. The zero-order valence-corrected chi connectivity index (χ0v) is 16.5. The average Bonchev–Trinajstić information content (AvgIpc) is 3.28. The lowest BCUT2D eigenvalue weighted by molar-refractivity contribution is -0.125. The first-order chi connectivity index (χ1) is 14.6. The minimum atomic E-state index is -0.375. The Morgan fingerprint density at radius 2 is 2.03 bits per heavy atom. The van der Waals surface area contributed by atoms with Crippen LogP contribution in [0.1, 0.15) is 18.6 Å². The van der Waals surface area contributed by atoms with Crippen molar-refractivity contribution < 1.29 is 13.6 Å². The number of amides is 1. The van der Waals surface area contributed by atoms with Gasteiger partial charge in [0.2, 0.25) is 5.91 Å². The Bertz CT molecular complexity index is 1050. The van der Waals surface area contributed by atoms with E-state index in [0.29, 0.717) is 31.0 Å². The maximum absolute atomic E-state index is 13.2. The highest BCUT2D eigenvalue weighted by molar-refractivity contribution is 5.79. The summed E-state index contributed by atoms with van der Waals surface area (Å²) < 4.78 is 19.7. The fourth-order valence-electron chi connectivity index (χ4n) is 3.64. The fraction of sp³-hybridized carbons (Fsp3) is 0.318. The number of hydrogen-bond acceptors (Lipinski definition) is 5. The van der Waals surface area contributed by atoms with E-state index >= 15 is 0 Å². The lowest BCUT2D eigenvalue weighted by Gasteiger charge is -2.32. The molecule has 1 saturated heterocycles. The minimum Gasteiger partial charge on any atom is -0.469 e. The summed E-state index contributed by atoms with van der Waals surface area (Å²) in [6.45, 7) is 1.81. The number of aromatic nitrogens is 2. The van der Waals surface area contributed by atoms with Crippen LogP contribution in [-0.4, -0.2) is 35.3 Å². The molecule has 1 aromatic carbocycles. The smallest absolute Gasteiger partial charge is 0.271 e. The number of furan rings is 1. The molecular formula is C22H23FN4O3. The third-order valence-electron chi connectivity index (χ3n) is 5.22. The molecule has 3 aromatic rings. The van der Waals surface area contributed by atoms with Crippen molar-refractivity contribution in [3.05, 3.63) is 76.7 Å². The molecule has 0 bridgehead atoms. The van der Waals surface area contributed by atoms with E-state index in [1.54, 1.807) is 12.3 Å². The molecule has 1 N–H and O–H groups in total. The molecule has 1 aliphatic heterocycles. The highest BCUT2D eigenvalue weighted by Crippen LogP contribution is 2.21. The number of nitrogens with zero attached hydrogens (tertiary/aromatic N) is 3. The third-order valence-corrected chi connectivity index (χ3v) is 5.22. The van der Waals surface area contributed by atoms with Crippen LogP contribution in [0.15, 0.2) is 64.0 Å². The molecule has 156 valence electrons. The van der Waals surface area contributed by atoms with E-state index in [9.17, 15) is 14.0 Å². The lowest BCUT2D eigenvalue weighted by Crippen LogP contribution is -2.44. The molecule has 1 aliphatic rings. The maximum Gasteiger partial charge on any atom is 0.271 e. The van der Waals surface area contributed by atoms with Crippen LogP contribution in [0.2, 0.25) is 0 Å². The normalized spacial score (nSPS) is 16.4. The summed E-state index contributed by atoms with van der Waals surface area (Å²) in [5.41, 5.74) is 0.196. The van der Waals surface area contributed by atoms with E-state index in [1.165, 1.54) is 35.0 Å². The quantitative estimate of drug-likeness (QED) is 0.676. The van der Waals surface area contributed by atoms with Crippen molar-refractivity contribution in [2.24, 2.45) is 5.92 Å². The molecule has 0 unspecified atom stereocenters. The van der Waals surface area contributed by atoms with Gasteiger partial charge < -0.3 is 14.6 Å². The first kappa shape index (κ1) is 19.9. The summed E-state index contributed by atoms with van der Waals surface area (Å²) in [6, 6.07) is 12.4. The van der Waals surface area contributed by atoms with Crippen LogP contribution in [0, 0.1) is 11.7 Å². The number of hydrogen-bond donors (Lipinski definition) is 1. The predicted molar refractivity (Wildman–Crippen MR) is 110 cm³/mol. The molecular weight excluding hydrogens is 387 g/mol. The van der Waals surface area contributed by atoms with Crippen molar-refractivity contribution in [2.75, 3.05) is 24.5 Å². The summed E-state index contributed by atoms with van der Waals surface area (Å²) >= 11 is 0. The van der Waals surface area contributed by atoms with Crippen molar-refractivity contribution in [2.45, 2.75) is 19.3 Å². The Labute approximate surface area is 173 Å². The number of nitrogens with one attached hydrogen (secondary N) is 1. The van der Waals surface area contributed by atoms with Crippen LogP contribution in [0.3, 0.4) is 0 Å². The molecule has 0 radical (unpaired) electrons. The molecule has 8 heteroatoms. The van der Waals surface area contributed by atoms with Gasteiger partial charge in [-0.15, -0.1) is 5.10 Å². The minimum absolute atomic E-state index is 0.0121. The van der Waals surface area contributed by atoms with Gasteiger partial charge in [0.15, 0.2) is 0 Å². The van der Waals surface area contributed by atoms with Crippen LogP contribution >= 0.6 is 0 Å². The number of halogens is 1. The van der Waals surface area contributed by atoms with E-state index in [-0.39, 0.29) is 23.2 Å². The summed E-state index contributed by atoms with van der Waals surface area (Å²) in [5.74, 6) is 0.946. The molecule has 1 fully saturated rings. The highest BCUT2D eigenvalue weighted by Gasteiger charge is 2.26. The fourth-order valence-corrected chi connectivity index (χ4v) is 3.64. The Kier molecular flexibility index (Phi) is 5.92. The maximum atomic E-state index is 13.2. The number of rotatable bonds is 6. The van der Waals surface area contributed by atoms with Gasteiger partial charge in [0, 0.05) is 32.1 Å². The van der Waals surface area contributed by atoms with Crippen LogP contribution < -0.4 is 15.8 Å². The Balaban J connectivity index is 1.42. The van der Waals surface area contributed by atoms with Crippen molar-refractivity contribution in [1.82, 2.24) is 15.1 Å². The van der Waals surface area contributed by atoms with Gasteiger partial charge in [-0.05, 0) is 55.3 Å². The van der Waals surface area contributed by atoms with E-state index in [4.69, 9.17) is 4.42 Å². The monoisotopic (exact) mass is 410 g/mol. The third kappa shape index (κ3) is 4.59. The largest absolute Gasteiger partial charge is 0.469 e. The topological polar surface area (TPSA) is 80.4 Å². The Morgan fingerprint density at radius 3 is 2.80 bits per heavy atom. The molecule has 0 aliphatic carbocycles. The van der Waals surface area contributed by atoms with Crippen LogP contribution in [0.25, 0.3) is 5.69 Å². The van der Waals surface area contributed by atoms with Crippen molar-refractivity contribution in [1.29, 1.82) is 0 Å². The van der Waals surface area contributed by atoms with Gasteiger partial charge in [0.05, 0.1) is 17.9 Å². The Morgan fingerprint density at radius 1 is 1.20 bits per heavy atom. The molecule has 4 rings (SSSR count). The number of piperidine rings is 1. The Hall–Kier alpha value is -3.42. The van der Waals surface area contributed by atoms with Gasteiger partial charge in [-0.1, -0.05) is 0 Å². The zero-order chi connectivity index (χ0) is 20.9. The number of carbonyl (C=O) groups is 1. The lowest BCUT2D eigenvalue weighted by atomic mass is 9.97. The SMILES string of the molecule is O=C(NCCc1ccco1)[C@H]1CCCN(c2ccc(=O)n(-c3ccc(F)cc3)n2)C1. The van der Waals surface area contributed by atoms with E-state index in [1.807, 2.05) is 17.0 Å². The molecule has 7 nitrogen and oxygen atoms in total. The van der Waals surface area contributed by atoms with Crippen LogP contribution in [-0.2, 0) is 11.2 Å².